The quantitative estimate of drug-likeness (QED) is 0.689. The van der Waals surface area contributed by atoms with Gasteiger partial charge in [-0.15, -0.1) is 11.3 Å². The third-order valence-corrected chi connectivity index (χ3v) is 4.47. The summed E-state index contributed by atoms with van der Waals surface area (Å²) in [6.45, 7) is 1.65. The van der Waals surface area contributed by atoms with Gasteiger partial charge in [0.05, 0.1) is 0 Å². The number of hydrogen-bond acceptors (Lipinski definition) is 5. The number of imidazole rings is 1. The van der Waals surface area contributed by atoms with Crippen LogP contribution in [0.3, 0.4) is 0 Å². The second-order valence-corrected chi connectivity index (χ2v) is 6.43. The Morgan fingerprint density at radius 2 is 2.12 bits per heavy atom. The SMILES string of the molecule is C[C@H](OC(=O)c1c(Cl)nc2sccn12)C(=O)NCc1ccc(F)cc1. The van der Waals surface area contributed by atoms with Gasteiger partial charge >= 0.3 is 5.97 Å². The van der Waals surface area contributed by atoms with Crippen molar-refractivity contribution in [3.05, 3.63) is 58.1 Å². The average molecular weight is 382 g/mol. The van der Waals surface area contributed by atoms with E-state index < -0.39 is 18.0 Å². The van der Waals surface area contributed by atoms with Crippen molar-refractivity contribution >= 4 is 39.8 Å². The van der Waals surface area contributed by atoms with Gasteiger partial charge in [-0.2, -0.15) is 0 Å². The molecule has 1 N–H and O–H groups in total. The lowest BCUT2D eigenvalue weighted by atomic mass is 10.2. The van der Waals surface area contributed by atoms with E-state index in [-0.39, 0.29) is 23.2 Å². The van der Waals surface area contributed by atoms with Crippen molar-refractivity contribution < 1.29 is 18.7 Å². The molecule has 25 heavy (non-hydrogen) atoms. The van der Waals surface area contributed by atoms with E-state index in [0.717, 1.165) is 5.56 Å². The smallest absolute Gasteiger partial charge is 0.359 e. The Morgan fingerprint density at radius 3 is 2.84 bits per heavy atom. The first kappa shape index (κ1) is 17.4. The van der Waals surface area contributed by atoms with Crippen LogP contribution in [0, 0.1) is 5.82 Å². The molecule has 1 amide bonds. The van der Waals surface area contributed by atoms with E-state index in [1.165, 1.54) is 34.8 Å². The second kappa shape index (κ2) is 7.20. The summed E-state index contributed by atoms with van der Waals surface area (Å²) in [5.41, 5.74) is 0.809. The zero-order valence-corrected chi connectivity index (χ0v) is 14.6. The lowest BCUT2D eigenvalue weighted by Crippen LogP contribution is -2.35. The first-order valence-corrected chi connectivity index (χ1v) is 8.55. The lowest BCUT2D eigenvalue weighted by molar-refractivity contribution is -0.129. The number of fused-ring (bicyclic) bond motifs is 1. The van der Waals surface area contributed by atoms with Crippen molar-refractivity contribution in [2.45, 2.75) is 19.6 Å². The summed E-state index contributed by atoms with van der Waals surface area (Å²) in [4.78, 5) is 29.0. The maximum atomic E-state index is 12.9. The largest absolute Gasteiger partial charge is 0.448 e. The third-order valence-electron chi connectivity index (χ3n) is 3.45. The van der Waals surface area contributed by atoms with E-state index in [1.54, 1.807) is 23.7 Å². The van der Waals surface area contributed by atoms with Gasteiger partial charge in [-0.25, -0.2) is 14.2 Å². The van der Waals surface area contributed by atoms with Crippen LogP contribution in [0.15, 0.2) is 35.8 Å². The molecule has 0 unspecified atom stereocenters. The Kier molecular flexibility index (Phi) is 5.00. The molecule has 130 valence electrons. The zero-order valence-electron chi connectivity index (χ0n) is 13.0. The van der Waals surface area contributed by atoms with E-state index in [2.05, 4.69) is 10.3 Å². The van der Waals surface area contributed by atoms with Crippen LogP contribution >= 0.6 is 22.9 Å². The number of amides is 1. The van der Waals surface area contributed by atoms with Gasteiger partial charge in [0.15, 0.2) is 21.9 Å². The summed E-state index contributed by atoms with van der Waals surface area (Å²) in [7, 11) is 0. The highest BCUT2D eigenvalue weighted by Gasteiger charge is 2.24. The monoisotopic (exact) mass is 381 g/mol. The molecule has 9 heteroatoms. The molecule has 0 saturated heterocycles. The normalized spacial score (nSPS) is 12.1. The Hall–Kier alpha value is -2.45. The van der Waals surface area contributed by atoms with Crippen LogP contribution in [0.2, 0.25) is 5.15 Å². The summed E-state index contributed by atoms with van der Waals surface area (Å²) in [6.07, 6.45) is 0.627. The number of nitrogens with zero attached hydrogens (tertiary/aromatic N) is 2. The molecular formula is C16H13ClFN3O3S. The Morgan fingerprint density at radius 1 is 1.40 bits per heavy atom. The van der Waals surface area contributed by atoms with E-state index >= 15 is 0 Å². The van der Waals surface area contributed by atoms with Crippen LogP contribution in [-0.4, -0.2) is 27.4 Å². The van der Waals surface area contributed by atoms with Crippen molar-refractivity contribution in [2.24, 2.45) is 0 Å². The molecule has 0 bridgehead atoms. The molecule has 0 saturated carbocycles. The Labute approximate surface area is 151 Å². The third kappa shape index (κ3) is 3.80. The number of thiazole rings is 1. The van der Waals surface area contributed by atoms with Crippen molar-refractivity contribution in [3.8, 4) is 0 Å². The van der Waals surface area contributed by atoms with Crippen molar-refractivity contribution in [1.82, 2.24) is 14.7 Å². The summed E-state index contributed by atoms with van der Waals surface area (Å²) in [5, 5.41) is 4.41. The molecule has 0 aliphatic carbocycles. The number of hydrogen-bond donors (Lipinski definition) is 1. The van der Waals surface area contributed by atoms with Gasteiger partial charge in [-0.3, -0.25) is 9.20 Å². The number of halogens is 2. The van der Waals surface area contributed by atoms with Gasteiger partial charge in [0.1, 0.15) is 5.82 Å². The topological polar surface area (TPSA) is 72.7 Å². The fourth-order valence-corrected chi connectivity index (χ4v) is 3.16. The number of ether oxygens (including phenoxy) is 1. The van der Waals surface area contributed by atoms with Crippen LogP contribution in [0.25, 0.3) is 4.96 Å². The molecule has 1 atom stereocenters. The second-order valence-electron chi connectivity index (χ2n) is 5.20. The highest BCUT2D eigenvalue weighted by molar-refractivity contribution is 7.15. The van der Waals surface area contributed by atoms with Crippen molar-refractivity contribution in [2.75, 3.05) is 0 Å². The minimum absolute atomic E-state index is 0.0239. The first-order chi connectivity index (χ1) is 12.0. The van der Waals surface area contributed by atoms with Gasteiger partial charge in [-0.1, -0.05) is 23.7 Å². The number of aromatic nitrogens is 2. The van der Waals surface area contributed by atoms with Crippen LogP contribution in [0.5, 0.6) is 0 Å². The van der Waals surface area contributed by atoms with Crippen molar-refractivity contribution in [3.63, 3.8) is 0 Å². The molecule has 6 nitrogen and oxygen atoms in total. The molecule has 0 radical (unpaired) electrons. The van der Waals surface area contributed by atoms with Gasteiger partial charge < -0.3 is 10.1 Å². The van der Waals surface area contributed by atoms with E-state index in [4.69, 9.17) is 16.3 Å². The highest BCUT2D eigenvalue weighted by atomic mass is 35.5. The Balaban J connectivity index is 1.61. The number of carbonyl (C=O) groups is 2. The molecule has 1 aromatic carbocycles. The van der Waals surface area contributed by atoms with Crippen LogP contribution in [-0.2, 0) is 16.1 Å². The number of rotatable bonds is 5. The van der Waals surface area contributed by atoms with Crippen LogP contribution in [0.1, 0.15) is 23.0 Å². The summed E-state index contributed by atoms with van der Waals surface area (Å²) >= 11 is 7.29. The molecule has 3 rings (SSSR count). The van der Waals surface area contributed by atoms with Gasteiger partial charge in [0.2, 0.25) is 0 Å². The standard InChI is InChI=1S/C16H13ClFN3O3S/c1-9(14(22)19-8-10-2-4-11(18)5-3-10)24-15(23)12-13(17)20-16-21(12)6-7-25-16/h2-7,9H,8H2,1H3,(H,19,22)/t9-/m0/s1. The molecule has 2 aromatic heterocycles. The van der Waals surface area contributed by atoms with E-state index in [1.807, 2.05) is 0 Å². The average Bonchev–Trinajstić information content (AvgIpc) is 3.13. The van der Waals surface area contributed by atoms with Crippen LogP contribution < -0.4 is 5.32 Å². The number of carbonyl (C=O) groups excluding carboxylic acids is 2. The molecule has 0 spiro atoms. The lowest BCUT2D eigenvalue weighted by Gasteiger charge is -2.13. The molecule has 0 aliphatic heterocycles. The molecule has 0 aliphatic rings. The van der Waals surface area contributed by atoms with Gasteiger partial charge in [0.25, 0.3) is 5.91 Å². The fourth-order valence-electron chi connectivity index (χ4n) is 2.15. The molecular weight excluding hydrogens is 369 g/mol. The molecule has 3 aromatic rings. The number of esters is 1. The summed E-state index contributed by atoms with van der Waals surface area (Å²) < 4.78 is 19.5. The number of benzene rings is 1. The first-order valence-electron chi connectivity index (χ1n) is 7.30. The fraction of sp³-hybridized carbons (Fsp3) is 0.188. The zero-order chi connectivity index (χ0) is 18.0. The minimum Gasteiger partial charge on any atom is -0.448 e. The van der Waals surface area contributed by atoms with Crippen LogP contribution in [0.4, 0.5) is 4.39 Å². The van der Waals surface area contributed by atoms with E-state index in [0.29, 0.717) is 4.96 Å². The molecule has 2 heterocycles. The van der Waals surface area contributed by atoms with Crippen molar-refractivity contribution in [1.29, 1.82) is 0 Å². The predicted molar refractivity (Wildman–Crippen MR) is 91.2 cm³/mol. The highest BCUT2D eigenvalue weighted by Crippen LogP contribution is 2.22. The Bertz CT molecular complexity index is 923. The predicted octanol–water partition coefficient (Wildman–Crippen LogP) is 3.05. The van der Waals surface area contributed by atoms with Gasteiger partial charge in [-0.05, 0) is 24.6 Å². The maximum absolute atomic E-state index is 12.9. The molecule has 0 fully saturated rings. The summed E-state index contributed by atoms with van der Waals surface area (Å²) in [6, 6.07) is 5.73. The number of nitrogens with one attached hydrogen (secondary N) is 1. The van der Waals surface area contributed by atoms with E-state index in [9.17, 15) is 14.0 Å². The summed E-state index contributed by atoms with van der Waals surface area (Å²) in [5.74, 6) is -1.56. The minimum atomic E-state index is -1.02. The maximum Gasteiger partial charge on any atom is 0.359 e. The van der Waals surface area contributed by atoms with Gasteiger partial charge in [0, 0.05) is 18.1 Å².